The zero-order valence-corrected chi connectivity index (χ0v) is 18.6. The van der Waals surface area contributed by atoms with Gasteiger partial charge in [0, 0.05) is 18.6 Å². The first-order valence-corrected chi connectivity index (χ1v) is 10.9. The first-order chi connectivity index (χ1) is 15.3. The van der Waals surface area contributed by atoms with Gasteiger partial charge in [-0.05, 0) is 48.8 Å². The summed E-state index contributed by atoms with van der Waals surface area (Å²) in [5, 5.41) is 31.2. The molecule has 0 amide bonds. The van der Waals surface area contributed by atoms with Crippen LogP contribution in [0, 0.1) is 11.8 Å². The summed E-state index contributed by atoms with van der Waals surface area (Å²) in [4.78, 5) is 24.1. The van der Waals surface area contributed by atoms with E-state index < -0.39 is 12.3 Å². The number of carbonyl (C=O) groups is 2. The van der Waals surface area contributed by atoms with E-state index in [0.717, 1.165) is 18.4 Å². The van der Waals surface area contributed by atoms with Crippen LogP contribution < -0.4 is 4.74 Å². The van der Waals surface area contributed by atoms with Gasteiger partial charge in [0.1, 0.15) is 23.9 Å². The highest BCUT2D eigenvalue weighted by molar-refractivity contribution is 6.09. The fourth-order valence-corrected chi connectivity index (χ4v) is 4.37. The number of benzene rings is 2. The SMILES string of the molecule is CCC[C@@H]1C(=O)c2c(cc3cc(OCCOC(OCC)C(=O)O)cc(O)c3c2O)C[C@H]1C. The number of phenols is 2. The molecule has 0 fully saturated rings. The Morgan fingerprint density at radius 3 is 2.56 bits per heavy atom. The van der Waals surface area contributed by atoms with Gasteiger partial charge in [0.2, 0.25) is 0 Å². The number of aromatic hydroxyl groups is 2. The third-order valence-electron chi connectivity index (χ3n) is 5.80. The molecule has 2 aromatic rings. The van der Waals surface area contributed by atoms with Crippen molar-refractivity contribution >= 4 is 22.5 Å². The number of ketones is 1. The molecule has 1 aliphatic rings. The highest BCUT2D eigenvalue weighted by Crippen LogP contribution is 2.44. The highest BCUT2D eigenvalue weighted by Gasteiger charge is 2.35. The van der Waals surface area contributed by atoms with Crippen molar-refractivity contribution in [1.29, 1.82) is 0 Å². The second-order valence-corrected chi connectivity index (χ2v) is 8.09. The van der Waals surface area contributed by atoms with Crippen LogP contribution >= 0.6 is 0 Å². The van der Waals surface area contributed by atoms with Crippen LogP contribution in [0.25, 0.3) is 10.8 Å². The molecule has 0 saturated heterocycles. The average molecular weight is 446 g/mol. The predicted octanol–water partition coefficient (Wildman–Crippen LogP) is 3.88. The molecule has 2 aromatic carbocycles. The summed E-state index contributed by atoms with van der Waals surface area (Å²) in [7, 11) is 0. The third-order valence-corrected chi connectivity index (χ3v) is 5.80. The molecule has 0 spiro atoms. The maximum absolute atomic E-state index is 13.1. The Hall–Kier alpha value is -2.84. The van der Waals surface area contributed by atoms with Gasteiger partial charge in [-0.3, -0.25) is 4.79 Å². The molecule has 3 rings (SSSR count). The maximum atomic E-state index is 13.1. The highest BCUT2D eigenvalue weighted by atomic mass is 16.7. The van der Waals surface area contributed by atoms with Gasteiger partial charge in [-0.2, -0.15) is 0 Å². The first kappa shape index (κ1) is 23.8. The second-order valence-electron chi connectivity index (χ2n) is 8.09. The van der Waals surface area contributed by atoms with Gasteiger partial charge in [-0.1, -0.05) is 20.3 Å². The average Bonchev–Trinajstić information content (AvgIpc) is 2.72. The minimum Gasteiger partial charge on any atom is -0.507 e. The minimum atomic E-state index is -1.37. The van der Waals surface area contributed by atoms with Crippen LogP contribution in [0.2, 0.25) is 0 Å². The number of fused-ring (bicyclic) bond motifs is 2. The number of carboxylic acid groups (broad SMARTS) is 1. The maximum Gasteiger partial charge on any atom is 0.361 e. The fraction of sp³-hybridized carbons (Fsp3) is 0.500. The van der Waals surface area contributed by atoms with Gasteiger partial charge in [-0.15, -0.1) is 0 Å². The van der Waals surface area contributed by atoms with Crippen LogP contribution in [0.1, 0.15) is 49.5 Å². The summed E-state index contributed by atoms with van der Waals surface area (Å²) in [6.45, 7) is 5.95. The van der Waals surface area contributed by atoms with Gasteiger partial charge in [0.05, 0.1) is 17.6 Å². The van der Waals surface area contributed by atoms with Crippen molar-refractivity contribution in [2.45, 2.75) is 46.3 Å². The molecule has 1 unspecified atom stereocenters. The molecule has 0 aliphatic heterocycles. The third kappa shape index (κ3) is 4.81. The van der Waals surface area contributed by atoms with E-state index >= 15 is 0 Å². The minimum absolute atomic E-state index is 0.0317. The van der Waals surface area contributed by atoms with E-state index in [2.05, 4.69) is 0 Å². The zero-order chi connectivity index (χ0) is 23.4. The number of rotatable bonds is 10. The van der Waals surface area contributed by atoms with Crippen LogP contribution in [0.5, 0.6) is 17.2 Å². The summed E-state index contributed by atoms with van der Waals surface area (Å²) < 4.78 is 15.7. The summed E-state index contributed by atoms with van der Waals surface area (Å²) in [5.41, 5.74) is 1.07. The van der Waals surface area contributed by atoms with Crippen LogP contribution in [0.4, 0.5) is 0 Å². The monoisotopic (exact) mass is 446 g/mol. The van der Waals surface area contributed by atoms with Crippen molar-refractivity contribution in [3.8, 4) is 17.2 Å². The molecule has 3 atom stereocenters. The topological polar surface area (TPSA) is 123 Å². The molecule has 174 valence electrons. The molecule has 3 N–H and O–H groups in total. The first-order valence-electron chi connectivity index (χ1n) is 10.9. The smallest absolute Gasteiger partial charge is 0.361 e. The van der Waals surface area contributed by atoms with Crippen molar-refractivity contribution in [3.05, 3.63) is 29.3 Å². The van der Waals surface area contributed by atoms with Crippen molar-refractivity contribution in [3.63, 3.8) is 0 Å². The predicted molar refractivity (Wildman–Crippen MR) is 117 cm³/mol. The Morgan fingerprint density at radius 2 is 1.91 bits per heavy atom. The molecule has 0 heterocycles. The van der Waals surface area contributed by atoms with E-state index in [4.69, 9.17) is 19.3 Å². The van der Waals surface area contributed by atoms with Gasteiger partial charge < -0.3 is 29.5 Å². The van der Waals surface area contributed by atoms with E-state index in [1.165, 1.54) is 6.07 Å². The Kier molecular flexibility index (Phi) is 7.58. The lowest BCUT2D eigenvalue weighted by Crippen LogP contribution is -2.30. The van der Waals surface area contributed by atoms with Gasteiger partial charge in [-0.25, -0.2) is 4.79 Å². The van der Waals surface area contributed by atoms with E-state index in [1.807, 2.05) is 19.9 Å². The number of hydrogen-bond donors (Lipinski definition) is 3. The Labute approximate surface area is 186 Å². The summed E-state index contributed by atoms with van der Waals surface area (Å²) in [6.07, 6.45) is 0.957. The molecule has 8 heteroatoms. The lowest BCUT2D eigenvalue weighted by Gasteiger charge is -2.30. The fourth-order valence-electron chi connectivity index (χ4n) is 4.37. The Bertz CT molecular complexity index is 999. The second kappa shape index (κ2) is 10.2. The Morgan fingerprint density at radius 1 is 1.16 bits per heavy atom. The van der Waals surface area contributed by atoms with Crippen LogP contribution in [0.15, 0.2) is 18.2 Å². The van der Waals surface area contributed by atoms with Gasteiger partial charge >= 0.3 is 5.97 Å². The molecule has 32 heavy (non-hydrogen) atoms. The van der Waals surface area contributed by atoms with Crippen LogP contribution in [-0.4, -0.2) is 53.2 Å². The van der Waals surface area contributed by atoms with Crippen molar-refractivity contribution in [2.24, 2.45) is 11.8 Å². The van der Waals surface area contributed by atoms with Crippen molar-refractivity contribution in [2.75, 3.05) is 19.8 Å². The Balaban J connectivity index is 1.82. The number of aliphatic carboxylic acids is 1. The molecule has 0 radical (unpaired) electrons. The molecule has 0 saturated carbocycles. The van der Waals surface area contributed by atoms with Crippen LogP contribution in [0.3, 0.4) is 0 Å². The summed E-state index contributed by atoms with van der Waals surface area (Å²) >= 11 is 0. The zero-order valence-electron chi connectivity index (χ0n) is 18.6. The standard InChI is InChI=1S/C24H30O8/c1-4-6-17-13(3)9-14-10-15-11-16(31-7-8-32-24(23(28)29)30-5-2)12-18(25)19(15)22(27)20(14)21(17)26/h10-13,17,24-25,27H,4-9H2,1-3H3,(H,28,29)/t13-,17+,24?/m1/s1. The molecular weight excluding hydrogens is 416 g/mol. The van der Waals surface area contributed by atoms with E-state index in [0.29, 0.717) is 23.1 Å². The number of carboxylic acids is 1. The van der Waals surface area contributed by atoms with E-state index in [-0.39, 0.29) is 54.3 Å². The molecular formula is C24H30O8. The van der Waals surface area contributed by atoms with E-state index in [9.17, 15) is 19.8 Å². The number of hydrogen-bond acceptors (Lipinski definition) is 7. The normalized spacial score (nSPS) is 19.0. The molecule has 0 bridgehead atoms. The van der Waals surface area contributed by atoms with Gasteiger partial charge in [0.25, 0.3) is 6.29 Å². The molecule has 1 aliphatic carbocycles. The largest absolute Gasteiger partial charge is 0.507 e. The molecule has 8 nitrogen and oxygen atoms in total. The lowest BCUT2D eigenvalue weighted by atomic mass is 9.73. The van der Waals surface area contributed by atoms with Crippen molar-refractivity contribution in [1.82, 2.24) is 0 Å². The lowest BCUT2D eigenvalue weighted by molar-refractivity contribution is -0.189. The van der Waals surface area contributed by atoms with Crippen LogP contribution in [-0.2, 0) is 20.7 Å². The van der Waals surface area contributed by atoms with Crippen molar-refractivity contribution < 1.29 is 39.1 Å². The number of carbonyl (C=O) groups excluding carboxylic acids is 1. The molecule has 0 aromatic heterocycles. The summed E-state index contributed by atoms with van der Waals surface area (Å²) in [5.74, 6) is -1.31. The van der Waals surface area contributed by atoms with Gasteiger partial charge in [0.15, 0.2) is 5.78 Å². The quantitative estimate of drug-likeness (QED) is 0.371. The number of phenolic OH excluding ortho intramolecular Hbond substituents is 2. The summed E-state index contributed by atoms with van der Waals surface area (Å²) in [6, 6.07) is 4.84. The number of ether oxygens (including phenoxy) is 3. The van der Waals surface area contributed by atoms with E-state index in [1.54, 1.807) is 13.0 Å². The number of Topliss-reactive ketones (excluding diaryl/α,β-unsaturated/α-hetero) is 1.